The van der Waals surface area contributed by atoms with Crippen molar-refractivity contribution < 1.29 is 23.6 Å². The number of benzene rings is 1. The number of hydrogen-bond donors (Lipinski definition) is 0. The molecule has 0 bridgehead atoms. The third-order valence-electron chi connectivity index (χ3n) is 2.40. The van der Waals surface area contributed by atoms with Crippen LogP contribution in [0.5, 0.6) is 0 Å². The molecule has 0 aliphatic rings. The minimum absolute atomic E-state index is 0. The Kier molecular flexibility index (Phi) is 9.23. The van der Waals surface area contributed by atoms with Crippen LogP contribution in [0.25, 0.3) is 0 Å². The van der Waals surface area contributed by atoms with E-state index < -0.39 is 0 Å². The summed E-state index contributed by atoms with van der Waals surface area (Å²) in [5, 5.41) is 0. The Hall–Kier alpha value is -0.613. The molecule has 0 saturated carbocycles. The third kappa shape index (κ3) is 5.47. The summed E-state index contributed by atoms with van der Waals surface area (Å²) < 4.78 is 5.41. The van der Waals surface area contributed by atoms with Gasteiger partial charge in [-0.15, -0.1) is 18.7 Å². The first-order valence-corrected chi connectivity index (χ1v) is 5.44. The average molecular weight is 210 g/mol. The SMILES string of the molecule is C=CCCCC[C-](OC)c1ccccc1.[Li+]. The van der Waals surface area contributed by atoms with Crippen LogP contribution in [0.1, 0.15) is 31.2 Å². The normalized spacial score (nSPS) is 9.31. The Morgan fingerprint density at radius 3 is 2.50 bits per heavy atom. The smallest absolute Gasteiger partial charge is 0.414 e. The van der Waals surface area contributed by atoms with E-state index in [1.54, 1.807) is 7.11 Å². The van der Waals surface area contributed by atoms with Gasteiger partial charge in [0.1, 0.15) is 0 Å². The Morgan fingerprint density at radius 1 is 1.25 bits per heavy atom. The summed E-state index contributed by atoms with van der Waals surface area (Å²) in [7, 11) is 1.75. The van der Waals surface area contributed by atoms with Crippen molar-refractivity contribution in [2.24, 2.45) is 0 Å². The molecule has 0 spiro atoms. The van der Waals surface area contributed by atoms with Gasteiger partial charge in [0.25, 0.3) is 0 Å². The average Bonchev–Trinajstić information content (AvgIpc) is 2.30. The van der Waals surface area contributed by atoms with Gasteiger partial charge in [0.15, 0.2) is 0 Å². The maximum absolute atomic E-state index is 5.41. The molecule has 0 fully saturated rings. The second kappa shape index (κ2) is 9.60. The fourth-order valence-electron chi connectivity index (χ4n) is 1.56. The van der Waals surface area contributed by atoms with Crippen LogP contribution in [0.2, 0.25) is 0 Å². The quantitative estimate of drug-likeness (QED) is 0.282. The summed E-state index contributed by atoms with van der Waals surface area (Å²) in [4.78, 5) is 0. The molecule has 1 rings (SSSR count). The van der Waals surface area contributed by atoms with Gasteiger partial charge in [-0.1, -0.05) is 37.5 Å². The predicted octanol–water partition coefficient (Wildman–Crippen LogP) is 0.963. The zero-order valence-electron chi connectivity index (χ0n) is 10.4. The molecule has 0 saturated heterocycles. The second-order valence-electron chi connectivity index (χ2n) is 3.53. The molecule has 0 amide bonds. The summed E-state index contributed by atoms with van der Waals surface area (Å²) in [5.74, 6) is 0. The number of unbranched alkanes of at least 4 members (excludes halogenated alkanes) is 2. The maximum Gasteiger partial charge on any atom is 1.00 e. The second-order valence-corrected chi connectivity index (χ2v) is 3.53. The van der Waals surface area contributed by atoms with E-state index in [-0.39, 0.29) is 18.9 Å². The fraction of sp³-hybridized carbons (Fsp3) is 0.357. The standard InChI is InChI=1S/C14H19O.Li/c1-3-4-5-9-12-14(15-2)13-10-7-6-8-11-13;/h3,6-8,10-11H,1,4-5,9,12H2,2H3;/q-1;+1. The molecule has 16 heavy (non-hydrogen) atoms. The molecule has 1 aromatic carbocycles. The van der Waals surface area contributed by atoms with E-state index in [1.807, 2.05) is 24.3 Å². The zero-order chi connectivity index (χ0) is 10.9. The van der Waals surface area contributed by atoms with Crippen LogP contribution >= 0.6 is 0 Å². The van der Waals surface area contributed by atoms with Crippen LogP contribution in [-0.2, 0) is 4.74 Å². The molecule has 82 valence electrons. The first kappa shape index (κ1) is 15.4. The number of hydrogen-bond acceptors (Lipinski definition) is 1. The van der Waals surface area contributed by atoms with Crippen molar-refractivity contribution in [3.8, 4) is 0 Å². The first-order chi connectivity index (χ1) is 7.38. The number of ether oxygens (including phenoxy) is 1. The summed E-state index contributed by atoms with van der Waals surface area (Å²) >= 11 is 0. The topological polar surface area (TPSA) is 9.23 Å². The molecule has 1 aromatic rings. The van der Waals surface area contributed by atoms with Crippen LogP contribution < -0.4 is 18.9 Å². The van der Waals surface area contributed by atoms with Crippen molar-refractivity contribution in [3.05, 3.63) is 54.7 Å². The largest absolute Gasteiger partial charge is 1.00 e. The minimum atomic E-state index is 0. The Balaban J connectivity index is 0.00000225. The van der Waals surface area contributed by atoms with Crippen LogP contribution in [0.3, 0.4) is 0 Å². The Labute approximate surface area is 111 Å². The molecule has 0 atom stereocenters. The Morgan fingerprint density at radius 2 is 1.94 bits per heavy atom. The van der Waals surface area contributed by atoms with Crippen molar-refractivity contribution in [2.45, 2.75) is 25.7 Å². The van der Waals surface area contributed by atoms with Crippen LogP contribution in [0.15, 0.2) is 43.0 Å². The molecule has 0 N–H and O–H groups in total. The van der Waals surface area contributed by atoms with Crippen molar-refractivity contribution in [1.29, 1.82) is 0 Å². The van der Waals surface area contributed by atoms with Gasteiger partial charge in [-0.05, 0) is 6.42 Å². The van der Waals surface area contributed by atoms with E-state index in [0.717, 1.165) is 25.4 Å². The van der Waals surface area contributed by atoms with E-state index in [9.17, 15) is 0 Å². The summed E-state index contributed by atoms with van der Waals surface area (Å²) in [6.07, 6.45) is 7.49. The molecular weight excluding hydrogens is 191 g/mol. The molecule has 0 aromatic heterocycles. The molecule has 2 heteroatoms. The van der Waals surface area contributed by atoms with Gasteiger partial charge in [0.2, 0.25) is 0 Å². The van der Waals surface area contributed by atoms with Crippen molar-refractivity contribution in [3.63, 3.8) is 0 Å². The van der Waals surface area contributed by atoms with Crippen molar-refractivity contribution in [2.75, 3.05) is 7.11 Å². The van der Waals surface area contributed by atoms with Crippen molar-refractivity contribution >= 4 is 0 Å². The number of rotatable bonds is 7. The van der Waals surface area contributed by atoms with Gasteiger partial charge in [-0.25, -0.2) is 0 Å². The van der Waals surface area contributed by atoms with Crippen LogP contribution in [0.4, 0.5) is 0 Å². The summed E-state index contributed by atoms with van der Waals surface area (Å²) in [5.41, 5.74) is 1.19. The molecule has 0 radical (unpaired) electrons. The van der Waals surface area contributed by atoms with Crippen LogP contribution in [0, 0.1) is 6.10 Å². The van der Waals surface area contributed by atoms with E-state index in [4.69, 9.17) is 4.74 Å². The van der Waals surface area contributed by atoms with Gasteiger partial charge in [-0.3, -0.25) is 0 Å². The van der Waals surface area contributed by atoms with Gasteiger partial charge >= 0.3 is 18.9 Å². The molecule has 1 nitrogen and oxygen atoms in total. The van der Waals surface area contributed by atoms with Gasteiger partial charge in [0, 0.05) is 7.11 Å². The molecule has 0 heterocycles. The van der Waals surface area contributed by atoms with Gasteiger partial charge < -0.3 is 4.74 Å². The first-order valence-electron chi connectivity index (χ1n) is 5.44. The van der Waals surface area contributed by atoms with Crippen LogP contribution in [-0.4, -0.2) is 7.11 Å². The van der Waals surface area contributed by atoms with E-state index in [0.29, 0.717) is 0 Å². The Bertz CT molecular complexity index is 271. The van der Waals surface area contributed by atoms with E-state index in [2.05, 4.69) is 18.7 Å². The van der Waals surface area contributed by atoms with Gasteiger partial charge in [-0.2, -0.15) is 17.7 Å². The number of methoxy groups -OCH3 is 1. The van der Waals surface area contributed by atoms with Gasteiger partial charge in [0.05, 0.1) is 0 Å². The molecule has 0 unspecified atom stereocenters. The zero-order valence-corrected chi connectivity index (χ0v) is 10.4. The minimum Gasteiger partial charge on any atom is -0.414 e. The molecule has 0 aliphatic carbocycles. The van der Waals surface area contributed by atoms with E-state index in [1.165, 1.54) is 12.0 Å². The summed E-state index contributed by atoms with van der Waals surface area (Å²) in [6, 6.07) is 10.3. The molecular formula is C14H19LiO. The molecule has 0 aliphatic heterocycles. The third-order valence-corrected chi connectivity index (χ3v) is 2.40. The van der Waals surface area contributed by atoms with Crippen molar-refractivity contribution in [1.82, 2.24) is 0 Å². The van der Waals surface area contributed by atoms with E-state index >= 15 is 0 Å². The number of allylic oxidation sites excluding steroid dienone is 1. The summed E-state index contributed by atoms with van der Waals surface area (Å²) in [6.45, 7) is 3.72. The fourth-order valence-corrected chi connectivity index (χ4v) is 1.56. The predicted molar refractivity (Wildman–Crippen MR) is 64.5 cm³/mol. The monoisotopic (exact) mass is 210 g/mol. The maximum atomic E-state index is 5.41.